The van der Waals surface area contributed by atoms with Crippen molar-refractivity contribution in [2.24, 2.45) is 0 Å². The third-order valence-corrected chi connectivity index (χ3v) is 8.34. The Kier molecular flexibility index (Phi) is 11.6. The SMILES string of the molecule is CCOCCCN(CC(=O)N(CCc1ccc(OC)c(OC)c1)Cc1ccc(C)o1)S(=O)(=O)c1ccc(C)cc1. The van der Waals surface area contributed by atoms with Gasteiger partial charge in [-0.3, -0.25) is 4.79 Å². The maximum Gasteiger partial charge on any atom is 0.243 e. The van der Waals surface area contributed by atoms with Gasteiger partial charge in [-0.1, -0.05) is 23.8 Å². The number of hydrogen-bond donors (Lipinski definition) is 0. The Labute approximate surface area is 237 Å². The largest absolute Gasteiger partial charge is 0.493 e. The smallest absolute Gasteiger partial charge is 0.243 e. The highest BCUT2D eigenvalue weighted by atomic mass is 32.2. The van der Waals surface area contributed by atoms with Crippen molar-refractivity contribution in [2.75, 3.05) is 47.1 Å². The molecule has 0 aliphatic carbocycles. The quantitative estimate of drug-likeness (QED) is 0.231. The molecule has 0 aliphatic rings. The van der Waals surface area contributed by atoms with Gasteiger partial charge in [0.15, 0.2) is 11.5 Å². The monoisotopic (exact) mass is 572 g/mol. The Morgan fingerprint density at radius 1 is 0.925 bits per heavy atom. The van der Waals surface area contributed by atoms with E-state index in [1.807, 2.05) is 51.1 Å². The molecule has 1 heterocycles. The van der Waals surface area contributed by atoms with Crippen LogP contribution >= 0.6 is 0 Å². The topological polar surface area (TPSA) is 98.5 Å². The molecule has 9 nitrogen and oxygen atoms in total. The van der Waals surface area contributed by atoms with Gasteiger partial charge in [0.25, 0.3) is 0 Å². The molecule has 0 bridgehead atoms. The van der Waals surface area contributed by atoms with E-state index in [2.05, 4.69) is 0 Å². The van der Waals surface area contributed by atoms with Crippen LogP contribution in [0.2, 0.25) is 0 Å². The van der Waals surface area contributed by atoms with Gasteiger partial charge in [-0.25, -0.2) is 8.42 Å². The van der Waals surface area contributed by atoms with Crippen molar-refractivity contribution in [3.63, 3.8) is 0 Å². The fourth-order valence-corrected chi connectivity index (χ4v) is 5.66. The molecule has 0 saturated carbocycles. The molecule has 3 aromatic rings. The van der Waals surface area contributed by atoms with Gasteiger partial charge in [-0.2, -0.15) is 4.31 Å². The highest BCUT2D eigenvalue weighted by Crippen LogP contribution is 2.28. The van der Waals surface area contributed by atoms with Crippen molar-refractivity contribution in [3.8, 4) is 11.5 Å². The Hall–Kier alpha value is -3.34. The normalized spacial score (nSPS) is 11.6. The van der Waals surface area contributed by atoms with E-state index in [0.29, 0.717) is 49.9 Å². The summed E-state index contributed by atoms with van der Waals surface area (Å²) in [7, 11) is -0.758. The summed E-state index contributed by atoms with van der Waals surface area (Å²) < 4.78 is 50.4. The number of aryl methyl sites for hydroxylation is 2. The fraction of sp³-hybridized carbons (Fsp3) is 0.433. The first-order valence-electron chi connectivity index (χ1n) is 13.4. The van der Waals surface area contributed by atoms with Crippen LogP contribution < -0.4 is 9.47 Å². The molecule has 0 aliphatic heterocycles. The lowest BCUT2D eigenvalue weighted by molar-refractivity contribution is -0.132. The summed E-state index contributed by atoms with van der Waals surface area (Å²) in [6.07, 6.45) is 0.996. The third-order valence-electron chi connectivity index (χ3n) is 6.48. The molecule has 0 radical (unpaired) electrons. The van der Waals surface area contributed by atoms with Crippen molar-refractivity contribution in [1.82, 2.24) is 9.21 Å². The summed E-state index contributed by atoms with van der Waals surface area (Å²) in [6.45, 7) is 6.99. The molecule has 218 valence electrons. The number of furan rings is 1. The van der Waals surface area contributed by atoms with Crippen LogP contribution in [0.4, 0.5) is 0 Å². The Morgan fingerprint density at radius 2 is 1.65 bits per heavy atom. The zero-order valence-corrected chi connectivity index (χ0v) is 24.8. The third kappa shape index (κ3) is 8.58. The van der Waals surface area contributed by atoms with Gasteiger partial charge in [0.1, 0.15) is 11.5 Å². The van der Waals surface area contributed by atoms with Crippen molar-refractivity contribution < 1.29 is 31.8 Å². The number of rotatable bonds is 16. The maximum absolute atomic E-state index is 13.7. The molecular formula is C30H40N2O7S. The molecular weight excluding hydrogens is 532 g/mol. The molecule has 1 amide bonds. The molecule has 0 spiro atoms. The van der Waals surface area contributed by atoms with Crippen LogP contribution in [0.15, 0.2) is 63.9 Å². The number of nitrogens with zero attached hydrogens (tertiary/aromatic N) is 2. The van der Waals surface area contributed by atoms with Crippen molar-refractivity contribution in [1.29, 1.82) is 0 Å². The predicted octanol–water partition coefficient (Wildman–Crippen LogP) is 4.60. The minimum atomic E-state index is -3.91. The van der Waals surface area contributed by atoms with E-state index in [0.717, 1.165) is 16.9 Å². The first-order chi connectivity index (χ1) is 19.2. The van der Waals surface area contributed by atoms with E-state index in [-0.39, 0.29) is 30.4 Å². The zero-order valence-electron chi connectivity index (χ0n) is 24.0. The molecule has 0 N–H and O–H groups in total. The molecule has 0 saturated heterocycles. The van der Waals surface area contributed by atoms with Crippen molar-refractivity contribution in [3.05, 3.63) is 77.2 Å². The summed E-state index contributed by atoms with van der Waals surface area (Å²) in [5, 5.41) is 0. The van der Waals surface area contributed by atoms with Gasteiger partial charge in [-0.05, 0) is 75.6 Å². The van der Waals surface area contributed by atoms with E-state index in [9.17, 15) is 13.2 Å². The average Bonchev–Trinajstić information content (AvgIpc) is 3.36. The molecule has 10 heteroatoms. The number of sulfonamides is 1. The van der Waals surface area contributed by atoms with Crippen LogP contribution in [-0.4, -0.2) is 70.6 Å². The predicted molar refractivity (Wildman–Crippen MR) is 153 cm³/mol. The number of carbonyl (C=O) groups excluding carboxylic acids is 1. The van der Waals surface area contributed by atoms with E-state index in [4.69, 9.17) is 18.6 Å². The van der Waals surface area contributed by atoms with E-state index in [1.165, 1.54) is 4.31 Å². The lowest BCUT2D eigenvalue weighted by Crippen LogP contribution is -2.43. The maximum atomic E-state index is 13.7. The number of ether oxygens (including phenoxy) is 3. The summed E-state index contributed by atoms with van der Waals surface area (Å²) >= 11 is 0. The van der Waals surface area contributed by atoms with Gasteiger partial charge in [0.2, 0.25) is 15.9 Å². The van der Waals surface area contributed by atoms with Crippen LogP contribution in [0.1, 0.15) is 36.0 Å². The number of amides is 1. The molecule has 0 fully saturated rings. The highest BCUT2D eigenvalue weighted by Gasteiger charge is 2.28. The number of carbonyl (C=O) groups is 1. The minimum absolute atomic E-state index is 0.154. The number of methoxy groups -OCH3 is 2. The molecule has 1 aromatic heterocycles. The molecule has 0 atom stereocenters. The van der Waals surface area contributed by atoms with Crippen molar-refractivity contribution in [2.45, 2.75) is 45.1 Å². The second kappa shape index (κ2) is 14.9. The van der Waals surface area contributed by atoms with Crippen LogP contribution in [0.25, 0.3) is 0 Å². The van der Waals surface area contributed by atoms with Crippen LogP contribution in [0.5, 0.6) is 11.5 Å². The van der Waals surface area contributed by atoms with Gasteiger partial charge < -0.3 is 23.5 Å². The first kappa shape index (κ1) is 31.2. The number of benzene rings is 2. The standard InChI is InChI=1S/C30H40N2O7S/c1-6-38-19-7-17-32(40(34,35)27-13-8-23(2)9-14-27)22-30(33)31(21-26-12-10-24(3)39-26)18-16-25-11-15-28(36-4)29(20-25)37-5/h8-15,20H,6-7,16-19,21-22H2,1-5H3. The second-order valence-corrected chi connectivity index (χ2v) is 11.4. The van der Waals surface area contributed by atoms with Crippen LogP contribution in [-0.2, 0) is 32.5 Å². The fourth-order valence-electron chi connectivity index (χ4n) is 4.23. The summed E-state index contributed by atoms with van der Waals surface area (Å²) in [5.74, 6) is 2.27. The summed E-state index contributed by atoms with van der Waals surface area (Å²) in [4.78, 5) is 15.5. The van der Waals surface area contributed by atoms with E-state index >= 15 is 0 Å². The van der Waals surface area contributed by atoms with Gasteiger partial charge >= 0.3 is 0 Å². The molecule has 2 aromatic carbocycles. The lowest BCUT2D eigenvalue weighted by Gasteiger charge is -2.27. The summed E-state index contributed by atoms with van der Waals surface area (Å²) in [5.41, 5.74) is 1.90. The van der Waals surface area contributed by atoms with Crippen LogP contribution in [0, 0.1) is 13.8 Å². The molecule has 40 heavy (non-hydrogen) atoms. The van der Waals surface area contributed by atoms with Gasteiger partial charge in [0.05, 0.1) is 32.2 Å². The van der Waals surface area contributed by atoms with E-state index < -0.39 is 10.0 Å². The molecule has 3 rings (SSSR count). The first-order valence-corrected chi connectivity index (χ1v) is 14.8. The highest BCUT2D eigenvalue weighted by molar-refractivity contribution is 7.89. The zero-order chi connectivity index (χ0) is 29.1. The number of hydrogen-bond acceptors (Lipinski definition) is 7. The minimum Gasteiger partial charge on any atom is -0.493 e. The van der Waals surface area contributed by atoms with Gasteiger partial charge in [-0.15, -0.1) is 0 Å². The average molecular weight is 573 g/mol. The lowest BCUT2D eigenvalue weighted by atomic mass is 10.1. The Morgan fingerprint density at radius 3 is 2.27 bits per heavy atom. The Bertz CT molecular complexity index is 1340. The second-order valence-electron chi connectivity index (χ2n) is 9.47. The molecule has 0 unspecified atom stereocenters. The summed E-state index contributed by atoms with van der Waals surface area (Å²) in [6, 6.07) is 15.9. The van der Waals surface area contributed by atoms with Crippen molar-refractivity contribution >= 4 is 15.9 Å². The van der Waals surface area contributed by atoms with Crippen LogP contribution in [0.3, 0.4) is 0 Å². The Balaban J connectivity index is 1.84. The van der Waals surface area contributed by atoms with Gasteiger partial charge in [0, 0.05) is 26.3 Å². The van der Waals surface area contributed by atoms with E-state index in [1.54, 1.807) is 43.4 Å².